The van der Waals surface area contributed by atoms with E-state index in [1.807, 2.05) is 26.1 Å². The monoisotopic (exact) mass is 292 g/mol. The summed E-state index contributed by atoms with van der Waals surface area (Å²) in [5.41, 5.74) is 8.41. The summed E-state index contributed by atoms with van der Waals surface area (Å²) in [7, 11) is 1.87. The van der Waals surface area contributed by atoms with E-state index in [4.69, 9.17) is 17.3 Å². The molecule has 0 radical (unpaired) electrons. The summed E-state index contributed by atoms with van der Waals surface area (Å²) in [5.74, 6) is -0.432. The van der Waals surface area contributed by atoms with Gasteiger partial charge in [-0.3, -0.25) is 9.48 Å². The molecule has 106 valence electrons. The van der Waals surface area contributed by atoms with Crippen molar-refractivity contribution in [3.63, 3.8) is 0 Å². The second kappa shape index (κ2) is 5.96. The lowest BCUT2D eigenvalue weighted by atomic mass is 10.2. The smallest absolute Gasteiger partial charge is 0.248 e. The Bertz CT molecular complexity index is 619. The summed E-state index contributed by atoms with van der Waals surface area (Å²) in [4.78, 5) is 11.0. The van der Waals surface area contributed by atoms with Crippen LogP contribution in [0, 0.1) is 0 Å². The van der Waals surface area contributed by atoms with Gasteiger partial charge in [-0.05, 0) is 30.7 Å². The molecule has 6 heteroatoms. The van der Waals surface area contributed by atoms with Gasteiger partial charge in [0.2, 0.25) is 5.91 Å². The number of halogens is 1. The van der Waals surface area contributed by atoms with Gasteiger partial charge in [0, 0.05) is 18.3 Å². The number of nitrogens with two attached hydrogens (primary N) is 1. The number of aromatic nitrogens is 2. The molecule has 0 aliphatic rings. The standard InChI is InChI=1S/C14H17ClN4O/c1-3-11-13(15)12(19(2)18-11)8-17-10-6-4-9(5-7-10)14(16)20/h4-7,17H,3,8H2,1-2H3,(H2,16,20). The second-order valence-corrected chi connectivity index (χ2v) is 4.86. The van der Waals surface area contributed by atoms with E-state index in [-0.39, 0.29) is 0 Å². The Morgan fingerprint density at radius 2 is 2.05 bits per heavy atom. The van der Waals surface area contributed by atoms with Gasteiger partial charge >= 0.3 is 0 Å². The Morgan fingerprint density at radius 1 is 1.40 bits per heavy atom. The first kappa shape index (κ1) is 14.4. The summed E-state index contributed by atoms with van der Waals surface area (Å²) in [6, 6.07) is 7.00. The van der Waals surface area contributed by atoms with Crippen molar-refractivity contribution in [2.75, 3.05) is 5.32 Å². The number of hydrogen-bond acceptors (Lipinski definition) is 3. The molecule has 0 fully saturated rings. The summed E-state index contributed by atoms with van der Waals surface area (Å²) in [6.45, 7) is 2.59. The van der Waals surface area contributed by atoms with E-state index < -0.39 is 5.91 Å². The van der Waals surface area contributed by atoms with E-state index in [0.29, 0.717) is 17.1 Å². The molecule has 1 amide bonds. The Kier molecular flexibility index (Phi) is 4.29. The van der Waals surface area contributed by atoms with Gasteiger partial charge in [0.05, 0.1) is 23.0 Å². The lowest BCUT2D eigenvalue weighted by Crippen LogP contribution is -2.11. The van der Waals surface area contributed by atoms with Gasteiger partial charge < -0.3 is 11.1 Å². The quantitative estimate of drug-likeness (QED) is 0.888. The van der Waals surface area contributed by atoms with Gasteiger partial charge in [-0.25, -0.2) is 0 Å². The van der Waals surface area contributed by atoms with Crippen LogP contribution in [0.3, 0.4) is 0 Å². The topological polar surface area (TPSA) is 72.9 Å². The van der Waals surface area contributed by atoms with Crippen LogP contribution in [0.4, 0.5) is 5.69 Å². The average Bonchev–Trinajstić information content (AvgIpc) is 2.71. The van der Waals surface area contributed by atoms with Crippen molar-refractivity contribution in [2.45, 2.75) is 19.9 Å². The van der Waals surface area contributed by atoms with Crippen LogP contribution >= 0.6 is 11.6 Å². The van der Waals surface area contributed by atoms with Gasteiger partial charge in [-0.2, -0.15) is 5.10 Å². The number of hydrogen-bond donors (Lipinski definition) is 2. The molecule has 1 aromatic heterocycles. The average molecular weight is 293 g/mol. The molecule has 3 N–H and O–H groups in total. The molecule has 0 aliphatic carbocycles. The first-order chi connectivity index (χ1) is 9.52. The third-order valence-electron chi connectivity index (χ3n) is 3.13. The molecule has 0 unspecified atom stereocenters. The minimum absolute atomic E-state index is 0.432. The molecular weight excluding hydrogens is 276 g/mol. The Hall–Kier alpha value is -2.01. The zero-order valence-corrected chi connectivity index (χ0v) is 12.2. The van der Waals surface area contributed by atoms with Crippen LogP contribution in [0.1, 0.15) is 28.7 Å². The van der Waals surface area contributed by atoms with Crippen molar-refractivity contribution < 1.29 is 4.79 Å². The normalized spacial score (nSPS) is 10.6. The number of benzene rings is 1. The predicted octanol–water partition coefficient (Wildman–Crippen LogP) is 2.35. The van der Waals surface area contributed by atoms with Crippen LogP contribution in [0.15, 0.2) is 24.3 Å². The fraction of sp³-hybridized carbons (Fsp3) is 0.286. The Balaban J connectivity index is 2.09. The van der Waals surface area contributed by atoms with Gasteiger partial charge in [-0.15, -0.1) is 0 Å². The van der Waals surface area contributed by atoms with Crippen LogP contribution in [0.25, 0.3) is 0 Å². The molecule has 1 aromatic carbocycles. The highest BCUT2D eigenvalue weighted by Gasteiger charge is 2.12. The number of amides is 1. The van der Waals surface area contributed by atoms with Gasteiger partial charge in [-0.1, -0.05) is 18.5 Å². The molecule has 0 saturated heterocycles. The molecule has 0 aliphatic heterocycles. The molecule has 0 atom stereocenters. The molecule has 0 saturated carbocycles. The SMILES string of the molecule is CCc1nn(C)c(CNc2ccc(C(N)=O)cc2)c1Cl. The minimum Gasteiger partial charge on any atom is -0.379 e. The van der Waals surface area contributed by atoms with E-state index in [9.17, 15) is 4.79 Å². The fourth-order valence-corrected chi connectivity index (χ4v) is 2.31. The van der Waals surface area contributed by atoms with Crippen molar-refractivity contribution >= 4 is 23.2 Å². The second-order valence-electron chi connectivity index (χ2n) is 4.48. The van der Waals surface area contributed by atoms with Crippen molar-refractivity contribution in [1.82, 2.24) is 9.78 Å². The maximum Gasteiger partial charge on any atom is 0.248 e. The molecular formula is C14H17ClN4O. The maximum absolute atomic E-state index is 11.0. The fourth-order valence-electron chi connectivity index (χ4n) is 1.95. The highest BCUT2D eigenvalue weighted by atomic mass is 35.5. The number of aryl methyl sites for hydroxylation is 2. The molecule has 20 heavy (non-hydrogen) atoms. The number of anilines is 1. The molecule has 5 nitrogen and oxygen atoms in total. The number of nitrogens with zero attached hydrogens (tertiary/aromatic N) is 2. The molecule has 0 spiro atoms. The highest BCUT2D eigenvalue weighted by molar-refractivity contribution is 6.31. The van der Waals surface area contributed by atoms with Crippen molar-refractivity contribution in [3.05, 3.63) is 46.2 Å². The maximum atomic E-state index is 11.0. The van der Waals surface area contributed by atoms with E-state index in [2.05, 4.69) is 10.4 Å². The molecule has 2 aromatic rings. The number of nitrogens with one attached hydrogen (secondary N) is 1. The van der Waals surface area contributed by atoms with Crippen LogP contribution in [-0.2, 0) is 20.0 Å². The summed E-state index contributed by atoms with van der Waals surface area (Å²) < 4.78 is 1.78. The number of carbonyl (C=O) groups is 1. The molecule has 0 bridgehead atoms. The summed E-state index contributed by atoms with van der Waals surface area (Å²) >= 11 is 6.28. The molecule has 1 heterocycles. The number of carbonyl (C=O) groups excluding carboxylic acids is 1. The van der Waals surface area contributed by atoms with Crippen molar-refractivity contribution in [2.24, 2.45) is 12.8 Å². The predicted molar refractivity (Wildman–Crippen MR) is 79.9 cm³/mol. The lowest BCUT2D eigenvalue weighted by molar-refractivity contribution is 0.100. The minimum atomic E-state index is -0.432. The van der Waals surface area contributed by atoms with Crippen LogP contribution in [0.5, 0.6) is 0 Å². The van der Waals surface area contributed by atoms with E-state index in [0.717, 1.165) is 23.5 Å². The van der Waals surface area contributed by atoms with Crippen molar-refractivity contribution in [3.8, 4) is 0 Å². The summed E-state index contributed by atoms with van der Waals surface area (Å²) in [5, 5.41) is 8.32. The lowest BCUT2D eigenvalue weighted by Gasteiger charge is -2.07. The van der Waals surface area contributed by atoms with Crippen LogP contribution < -0.4 is 11.1 Å². The molecule has 2 rings (SSSR count). The summed E-state index contributed by atoms with van der Waals surface area (Å²) in [6.07, 6.45) is 0.806. The third-order valence-corrected chi connectivity index (χ3v) is 3.57. The van der Waals surface area contributed by atoms with Gasteiger partial charge in [0.15, 0.2) is 0 Å². The first-order valence-electron chi connectivity index (χ1n) is 6.37. The van der Waals surface area contributed by atoms with Crippen molar-refractivity contribution in [1.29, 1.82) is 0 Å². The van der Waals surface area contributed by atoms with E-state index in [1.165, 1.54) is 0 Å². The third kappa shape index (κ3) is 2.93. The van der Waals surface area contributed by atoms with Gasteiger partial charge in [0.1, 0.15) is 0 Å². The zero-order valence-electron chi connectivity index (χ0n) is 11.5. The highest BCUT2D eigenvalue weighted by Crippen LogP contribution is 2.22. The zero-order chi connectivity index (χ0) is 14.7. The van der Waals surface area contributed by atoms with E-state index >= 15 is 0 Å². The number of rotatable bonds is 5. The first-order valence-corrected chi connectivity index (χ1v) is 6.74. The van der Waals surface area contributed by atoms with Crippen LogP contribution in [-0.4, -0.2) is 15.7 Å². The number of primary amides is 1. The van der Waals surface area contributed by atoms with E-state index in [1.54, 1.807) is 16.8 Å². The Morgan fingerprint density at radius 3 is 2.55 bits per heavy atom. The van der Waals surface area contributed by atoms with Crippen LogP contribution in [0.2, 0.25) is 5.02 Å². The van der Waals surface area contributed by atoms with Gasteiger partial charge in [0.25, 0.3) is 0 Å². The Labute approximate surface area is 122 Å². The largest absolute Gasteiger partial charge is 0.379 e.